The summed E-state index contributed by atoms with van der Waals surface area (Å²) in [6.45, 7) is 1.22. The van der Waals surface area contributed by atoms with Crippen molar-refractivity contribution in [2.45, 2.75) is 19.3 Å². The molecule has 0 spiro atoms. The normalized spacial score (nSPS) is 13.0. The molecule has 0 aliphatic rings. The predicted octanol–water partition coefficient (Wildman–Crippen LogP) is 3.59. The second-order valence-electron chi connectivity index (χ2n) is 3.82. The van der Waals surface area contributed by atoms with E-state index in [-0.39, 0.29) is 10.4 Å². The van der Waals surface area contributed by atoms with E-state index in [1.165, 1.54) is 6.92 Å². The number of rotatable bonds is 1. The lowest BCUT2D eigenvalue weighted by Gasteiger charge is -2.12. The van der Waals surface area contributed by atoms with Crippen molar-refractivity contribution in [3.8, 4) is 5.69 Å². The summed E-state index contributed by atoms with van der Waals surface area (Å²) in [4.78, 5) is 0. The smallest absolute Gasteiger partial charge is 0.270 e. The van der Waals surface area contributed by atoms with Crippen LogP contribution in [0.5, 0.6) is 0 Å². The topological polar surface area (TPSA) is 46.5 Å². The Labute approximate surface area is 112 Å². The fourth-order valence-electron chi connectivity index (χ4n) is 1.58. The van der Waals surface area contributed by atoms with Gasteiger partial charge in [-0.15, -0.1) is 0 Å². The van der Waals surface area contributed by atoms with Gasteiger partial charge < -0.3 is 0 Å². The highest BCUT2D eigenvalue weighted by molar-refractivity contribution is 6.31. The summed E-state index contributed by atoms with van der Waals surface area (Å²) in [7, 11) is 0. The van der Waals surface area contributed by atoms with Crippen molar-refractivity contribution in [2.24, 2.45) is 0 Å². The van der Waals surface area contributed by atoms with Gasteiger partial charge in [0, 0.05) is 0 Å². The molecule has 2 rings (SSSR count). The zero-order chi connectivity index (χ0) is 15.3. The molecule has 0 radical (unpaired) electrons. The molecule has 0 fully saturated rings. The molecule has 0 aliphatic carbocycles. The van der Waals surface area contributed by atoms with E-state index in [4.69, 9.17) is 11.6 Å². The van der Waals surface area contributed by atoms with Crippen molar-refractivity contribution < 1.29 is 26.3 Å². The Morgan fingerprint density at radius 1 is 1.15 bits per heavy atom. The van der Waals surface area contributed by atoms with Crippen LogP contribution in [0.3, 0.4) is 0 Å². The number of alkyl halides is 6. The third-order valence-electron chi connectivity index (χ3n) is 2.32. The summed E-state index contributed by atoms with van der Waals surface area (Å²) < 4.78 is 76.7. The van der Waals surface area contributed by atoms with E-state index in [0.717, 1.165) is 0 Å². The molecule has 0 unspecified atom stereocenters. The van der Waals surface area contributed by atoms with Gasteiger partial charge in [-0.3, -0.25) is 5.10 Å². The van der Waals surface area contributed by atoms with Crippen molar-refractivity contribution in [3.63, 3.8) is 0 Å². The van der Waals surface area contributed by atoms with Gasteiger partial charge >= 0.3 is 12.4 Å². The summed E-state index contributed by atoms with van der Waals surface area (Å²) in [5, 5.41) is 7.30. The van der Waals surface area contributed by atoms with E-state index in [1.807, 2.05) is 0 Å². The third kappa shape index (κ3) is 2.47. The Kier molecular flexibility index (Phi) is 3.23. The minimum Gasteiger partial charge on any atom is -0.270 e. The highest BCUT2D eigenvalue weighted by Gasteiger charge is 2.42. The molecule has 2 heterocycles. The largest absolute Gasteiger partial charge is 0.435 e. The van der Waals surface area contributed by atoms with Crippen LogP contribution in [0.15, 0.2) is 6.07 Å². The summed E-state index contributed by atoms with van der Waals surface area (Å²) >= 11 is 5.45. The second-order valence-corrected chi connectivity index (χ2v) is 4.17. The van der Waals surface area contributed by atoms with Crippen LogP contribution in [-0.2, 0) is 12.4 Å². The van der Waals surface area contributed by atoms with Gasteiger partial charge in [-0.05, 0) is 13.0 Å². The van der Waals surface area contributed by atoms with Gasteiger partial charge in [-0.2, -0.15) is 36.5 Å². The van der Waals surface area contributed by atoms with E-state index in [9.17, 15) is 26.3 Å². The van der Waals surface area contributed by atoms with E-state index in [1.54, 1.807) is 5.10 Å². The van der Waals surface area contributed by atoms with Crippen molar-refractivity contribution in [3.05, 3.63) is 28.3 Å². The molecule has 2 aromatic rings. The van der Waals surface area contributed by atoms with Crippen molar-refractivity contribution in [1.82, 2.24) is 20.0 Å². The molecule has 4 nitrogen and oxygen atoms in total. The summed E-state index contributed by atoms with van der Waals surface area (Å²) in [5.74, 6) is 0. The fraction of sp³-hybridized carbons (Fsp3) is 0.333. The number of hydrogen-bond acceptors (Lipinski definition) is 2. The minimum atomic E-state index is -4.95. The molecule has 110 valence electrons. The second kappa shape index (κ2) is 4.40. The predicted molar refractivity (Wildman–Crippen MR) is 55.5 cm³/mol. The lowest BCUT2D eigenvalue weighted by Crippen LogP contribution is -2.17. The van der Waals surface area contributed by atoms with Crippen LogP contribution in [-0.4, -0.2) is 20.0 Å². The number of nitrogens with zero attached hydrogens (tertiary/aromatic N) is 3. The minimum absolute atomic E-state index is 0.0873. The summed E-state index contributed by atoms with van der Waals surface area (Å²) in [6, 6.07) is 0.615. The Morgan fingerprint density at radius 2 is 1.75 bits per heavy atom. The fourth-order valence-corrected chi connectivity index (χ4v) is 1.79. The Bertz CT molecular complexity index is 638. The molecule has 0 amide bonds. The van der Waals surface area contributed by atoms with Gasteiger partial charge in [0.05, 0.1) is 5.69 Å². The number of aromatic amines is 1. The van der Waals surface area contributed by atoms with Gasteiger partial charge in [-0.25, -0.2) is 4.68 Å². The molecular formula is C9H5ClF6N4. The lowest BCUT2D eigenvalue weighted by atomic mass is 10.3. The number of halogens is 7. The molecule has 0 saturated heterocycles. The maximum atomic E-state index is 12.8. The van der Waals surface area contributed by atoms with E-state index in [2.05, 4.69) is 10.2 Å². The quantitative estimate of drug-likeness (QED) is 0.817. The van der Waals surface area contributed by atoms with Gasteiger partial charge in [-0.1, -0.05) is 11.6 Å². The lowest BCUT2D eigenvalue weighted by molar-refractivity contribution is -0.146. The zero-order valence-electron chi connectivity index (χ0n) is 9.56. The number of hydrogen-bond donors (Lipinski definition) is 1. The molecule has 0 atom stereocenters. The van der Waals surface area contributed by atoms with Crippen LogP contribution >= 0.6 is 11.6 Å². The zero-order valence-corrected chi connectivity index (χ0v) is 10.3. The highest BCUT2D eigenvalue weighted by atomic mass is 35.5. The molecule has 0 aliphatic heterocycles. The monoisotopic (exact) mass is 318 g/mol. The summed E-state index contributed by atoms with van der Waals surface area (Å²) in [5.41, 5.74) is -3.97. The Balaban J connectivity index is 2.73. The Morgan fingerprint density at radius 3 is 2.25 bits per heavy atom. The molecule has 0 saturated carbocycles. The first-order valence-electron chi connectivity index (χ1n) is 4.97. The first kappa shape index (κ1) is 14.7. The molecule has 2 aromatic heterocycles. The van der Waals surface area contributed by atoms with Crippen molar-refractivity contribution in [1.29, 1.82) is 0 Å². The van der Waals surface area contributed by atoms with Crippen molar-refractivity contribution in [2.75, 3.05) is 0 Å². The molecule has 0 bridgehead atoms. The van der Waals surface area contributed by atoms with Crippen LogP contribution < -0.4 is 0 Å². The van der Waals surface area contributed by atoms with Gasteiger partial charge in [0.25, 0.3) is 0 Å². The first-order chi connectivity index (χ1) is 9.01. The molecule has 11 heteroatoms. The van der Waals surface area contributed by atoms with Gasteiger partial charge in [0.2, 0.25) is 0 Å². The van der Waals surface area contributed by atoms with Crippen LogP contribution in [0.1, 0.15) is 17.1 Å². The van der Waals surface area contributed by atoms with E-state index in [0.29, 0.717) is 6.07 Å². The third-order valence-corrected chi connectivity index (χ3v) is 2.58. The van der Waals surface area contributed by atoms with E-state index < -0.39 is 34.6 Å². The number of H-pyrrole nitrogens is 1. The standard InChI is InChI=1S/C9H5ClF6N4/c1-3-2-4(8(11,12)13)20(19-3)5-6(9(14,15)16)17-18-7(5)10/h2H,1H3,(H,17,18). The average molecular weight is 319 g/mol. The summed E-state index contributed by atoms with van der Waals surface area (Å²) in [6.07, 6.45) is -9.83. The maximum Gasteiger partial charge on any atom is 0.435 e. The van der Waals surface area contributed by atoms with Crippen LogP contribution in [0.25, 0.3) is 5.69 Å². The van der Waals surface area contributed by atoms with E-state index >= 15 is 0 Å². The Hall–Kier alpha value is -1.71. The number of nitrogens with one attached hydrogen (secondary N) is 1. The average Bonchev–Trinajstić information content (AvgIpc) is 2.79. The SMILES string of the molecule is Cc1cc(C(F)(F)F)n(-c2c(Cl)n[nH]c2C(F)(F)F)n1. The van der Waals surface area contributed by atoms with Crippen LogP contribution in [0.2, 0.25) is 5.15 Å². The molecular weight excluding hydrogens is 314 g/mol. The number of aromatic nitrogens is 4. The van der Waals surface area contributed by atoms with Crippen LogP contribution in [0, 0.1) is 6.92 Å². The maximum absolute atomic E-state index is 12.8. The van der Waals surface area contributed by atoms with Gasteiger partial charge in [0.15, 0.2) is 10.8 Å². The van der Waals surface area contributed by atoms with Crippen LogP contribution in [0.4, 0.5) is 26.3 Å². The van der Waals surface area contributed by atoms with Gasteiger partial charge in [0.1, 0.15) is 11.4 Å². The van der Waals surface area contributed by atoms with Crippen molar-refractivity contribution >= 4 is 11.6 Å². The first-order valence-corrected chi connectivity index (χ1v) is 5.35. The number of aryl methyl sites for hydroxylation is 1. The molecule has 1 N–H and O–H groups in total. The molecule has 0 aromatic carbocycles. The molecule has 20 heavy (non-hydrogen) atoms. The highest BCUT2D eigenvalue weighted by Crippen LogP contribution is 2.38.